The van der Waals surface area contributed by atoms with Gasteiger partial charge in [-0.25, -0.2) is 0 Å². The molecular weight excluding hydrogens is 373 g/mol. The molecule has 29 heavy (non-hydrogen) atoms. The second kappa shape index (κ2) is 9.85. The van der Waals surface area contributed by atoms with E-state index in [1.54, 1.807) is 0 Å². The number of amides is 1. The molecule has 1 amide bonds. The van der Waals surface area contributed by atoms with Crippen molar-refractivity contribution < 1.29 is 4.79 Å². The fourth-order valence-corrected chi connectivity index (χ4v) is 5.91. The van der Waals surface area contributed by atoms with Gasteiger partial charge < -0.3 is 5.32 Å². The van der Waals surface area contributed by atoms with Gasteiger partial charge in [0.1, 0.15) is 0 Å². The van der Waals surface area contributed by atoms with E-state index >= 15 is 0 Å². The molecule has 0 aliphatic rings. The molecule has 0 spiro atoms. The molecule has 0 aliphatic heterocycles. The molecule has 1 N–H and O–H groups in total. The van der Waals surface area contributed by atoms with Crippen LogP contribution in [0.15, 0.2) is 78.9 Å². The zero-order valence-corrected chi connectivity index (χ0v) is 18.6. The Morgan fingerprint density at radius 2 is 1.38 bits per heavy atom. The highest BCUT2D eigenvalue weighted by Gasteiger charge is 2.23. The summed E-state index contributed by atoms with van der Waals surface area (Å²) in [6.07, 6.45) is 0.969. The predicted molar refractivity (Wildman–Crippen MR) is 126 cm³/mol. The van der Waals surface area contributed by atoms with E-state index in [2.05, 4.69) is 85.9 Å². The van der Waals surface area contributed by atoms with Gasteiger partial charge in [0.25, 0.3) is 5.91 Å². The molecule has 0 bridgehead atoms. The van der Waals surface area contributed by atoms with Crippen LogP contribution in [0.2, 0.25) is 0 Å². The summed E-state index contributed by atoms with van der Waals surface area (Å²) in [5.41, 5.74) is 2.02. The van der Waals surface area contributed by atoms with Gasteiger partial charge in [-0.3, -0.25) is 4.79 Å². The minimum absolute atomic E-state index is 0.0139. The molecule has 3 aromatic rings. The fourth-order valence-electron chi connectivity index (χ4n) is 3.48. The molecule has 150 valence electrons. The lowest BCUT2D eigenvalue weighted by molar-refractivity contribution is 0.0944. The van der Waals surface area contributed by atoms with Crippen LogP contribution in [0, 0.1) is 5.92 Å². The van der Waals surface area contributed by atoms with Crippen LogP contribution in [0.4, 0.5) is 0 Å². The lowest BCUT2D eigenvalue weighted by atomic mass is 10.0. The van der Waals surface area contributed by atoms with E-state index in [4.69, 9.17) is 0 Å². The normalized spacial score (nSPS) is 11.3. The third-order valence-corrected chi connectivity index (χ3v) is 7.14. The molecule has 0 saturated heterocycles. The third kappa shape index (κ3) is 5.55. The summed E-state index contributed by atoms with van der Waals surface area (Å²) in [5, 5.41) is 6.73. The Bertz CT molecular complexity index is 896. The Labute approximate surface area is 176 Å². The van der Waals surface area contributed by atoms with E-state index < -0.39 is 7.92 Å². The van der Waals surface area contributed by atoms with Gasteiger partial charge in [0.05, 0.1) is 0 Å². The van der Waals surface area contributed by atoms with Gasteiger partial charge in [0.15, 0.2) is 0 Å². The topological polar surface area (TPSA) is 29.1 Å². The van der Waals surface area contributed by atoms with Gasteiger partial charge in [-0.2, -0.15) is 0 Å². The molecule has 0 fully saturated rings. The van der Waals surface area contributed by atoms with Crippen LogP contribution < -0.4 is 21.2 Å². The number of carbonyl (C=O) groups is 1. The zero-order valence-electron chi connectivity index (χ0n) is 17.7. The van der Waals surface area contributed by atoms with E-state index in [1.807, 2.05) is 26.0 Å². The Balaban J connectivity index is 2.17. The number of rotatable bonds is 7. The summed E-state index contributed by atoms with van der Waals surface area (Å²) in [6, 6.07) is 27.7. The Hall–Kier alpha value is -2.44. The maximum Gasteiger partial charge on any atom is 0.252 e. The lowest BCUT2D eigenvalue weighted by Crippen LogP contribution is -2.35. The van der Waals surface area contributed by atoms with E-state index in [9.17, 15) is 4.79 Å². The van der Waals surface area contributed by atoms with Crippen LogP contribution in [0.1, 0.15) is 43.6 Å². The van der Waals surface area contributed by atoms with Crippen molar-refractivity contribution in [3.05, 3.63) is 90.0 Å². The zero-order chi connectivity index (χ0) is 20.8. The highest BCUT2D eigenvalue weighted by molar-refractivity contribution is 7.80. The van der Waals surface area contributed by atoms with Crippen molar-refractivity contribution in [2.75, 3.05) is 0 Å². The van der Waals surface area contributed by atoms with Crippen molar-refractivity contribution in [1.82, 2.24) is 5.32 Å². The van der Waals surface area contributed by atoms with Crippen LogP contribution in [0.5, 0.6) is 0 Å². The summed E-state index contributed by atoms with van der Waals surface area (Å²) in [5.74, 6) is 0.562. The number of benzene rings is 3. The Kier molecular flexibility index (Phi) is 7.23. The molecule has 0 unspecified atom stereocenters. The Morgan fingerprint density at radius 1 is 0.828 bits per heavy atom. The van der Waals surface area contributed by atoms with Crippen LogP contribution in [-0.4, -0.2) is 11.9 Å². The third-order valence-electron chi connectivity index (χ3n) is 4.64. The first-order valence-corrected chi connectivity index (χ1v) is 11.6. The van der Waals surface area contributed by atoms with Crippen LogP contribution >= 0.6 is 7.92 Å². The van der Waals surface area contributed by atoms with Gasteiger partial charge >= 0.3 is 0 Å². The molecule has 3 aromatic carbocycles. The molecule has 3 rings (SSSR count). The van der Waals surface area contributed by atoms with Crippen molar-refractivity contribution in [2.45, 2.75) is 40.2 Å². The maximum absolute atomic E-state index is 13.2. The minimum atomic E-state index is -0.818. The SMILES string of the molecule is CC(C)Cc1ccc(P(c2ccccc2)c2ccccc2)c(C(=O)NC(C)C)c1. The van der Waals surface area contributed by atoms with E-state index in [-0.39, 0.29) is 11.9 Å². The average Bonchev–Trinajstić information content (AvgIpc) is 2.70. The predicted octanol–water partition coefficient (Wildman–Crippen LogP) is 4.78. The summed E-state index contributed by atoms with van der Waals surface area (Å²) in [6.45, 7) is 8.44. The molecule has 0 saturated carbocycles. The van der Waals surface area contributed by atoms with E-state index in [1.165, 1.54) is 16.2 Å². The quantitative estimate of drug-likeness (QED) is 0.565. The van der Waals surface area contributed by atoms with Gasteiger partial charge in [-0.1, -0.05) is 86.6 Å². The van der Waals surface area contributed by atoms with Crippen LogP contribution in [-0.2, 0) is 6.42 Å². The maximum atomic E-state index is 13.2. The first-order valence-electron chi connectivity index (χ1n) is 10.3. The van der Waals surface area contributed by atoms with Gasteiger partial charge in [-0.05, 0) is 61.7 Å². The molecule has 0 aliphatic carbocycles. The number of nitrogens with one attached hydrogen (secondary N) is 1. The standard InChI is InChI=1S/C26H30NOP/c1-19(2)17-21-15-16-25(24(18-21)26(28)27-20(3)4)29(22-11-7-5-8-12-22)23-13-9-6-10-14-23/h5-16,18-20H,17H2,1-4H3,(H,27,28). The van der Waals surface area contributed by atoms with Gasteiger partial charge in [-0.15, -0.1) is 0 Å². The number of hydrogen-bond acceptors (Lipinski definition) is 1. The summed E-state index contributed by atoms with van der Waals surface area (Å²) >= 11 is 0. The highest BCUT2D eigenvalue weighted by atomic mass is 31.1. The summed E-state index contributed by atoms with van der Waals surface area (Å²) in [4.78, 5) is 13.2. The molecule has 2 nitrogen and oxygen atoms in total. The Morgan fingerprint density at radius 3 is 1.86 bits per heavy atom. The summed E-state index contributed by atoms with van der Waals surface area (Å²) < 4.78 is 0. The first-order chi connectivity index (χ1) is 14.0. The van der Waals surface area contributed by atoms with Gasteiger partial charge in [0, 0.05) is 11.6 Å². The fraction of sp³-hybridized carbons (Fsp3) is 0.269. The van der Waals surface area contributed by atoms with Crippen LogP contribution in [0.25, 0.3) is 0 Å². The molecule has 3 heteroatoms. The van der Waals surface area contributed by atoms with Crippen LogP contribution in [0.3, 0.4) is 0 Å². The smallest absolute Gasteiger partial charge is 0.252 e. The second-order valence-corrected chi connectivity index (χ2v) is 10.3. The van der Waals surface area contributed by atoms with Crippen molar-refractivity contribution in [3.63, 3.8) is 0 Å². The number of carbonyl (C=O) groups excluding carboxylic acids is 1. The van der Waals surface area contributed by atoms with Crippen molar-refractivity contribution >= 4 is 29.7 Å². The van der Waals surface area contributed by atoms with Crippen molar-refractivity contribution in [1.29, 1.82) is 0 Å². The average molecular weight is 404 g/mol. The van der Waals surface area contributed by atoms with Crippen molar-refractivity contribution in [3.8, 4) is 0 Å². The summed E-state index contributed by atoms with van der Waals surface area (Å²) in [7, 11) is -0.818. The van der Waals surface area contributed by atoms with Crippen molar-refractivity contribution in [2.24, 2.45) is 5.92 Å². The van der Waals surface area contributed by atoms with Gasteiger partial charge in [0.2, 0.25) is 0 Å². The largest absolute Gasteiger partial charge is 0.350 e. The minimum Gasteiger partial charge on any atom is -0.350 e. The molecule has 0 atom stereocenters. The first kappa shape index (κ1) is 21.3. The number of hydrogen-bond donors (Lipinski definition) is 1. The van der Waals surface area contributed by atoms with E-state index in [0.717, 1.165) is 17.3 Å². The van der Waals surface area contributed by atoms with E-state index in [0.29, 0.717) is 5.92 Å². The highest BCUT2D eigenvalue weighted by Crippen LogP contribution is 2.34. The monoisotopic (exact) mass is 403 g/mol. The molecule has 0 radical (unpaired) electrons. The lowest BCUT2D eigenvalue weighted by Gasteiger charge is -2.23. The second-order valence-electron chi connectivity index (χ2n) is 8.08. The molecule has 0 heterocycles. The molecular formula is C26H30NOP. The molecule has 0 aromatic heterocycles.